The van der Waals surface area contributed by atoms with E-state index in [1.165, 1.54) is 27.8 Å². The molecular weight excluding hydrogens is 777 g/mol. The van der Waals surface area contributed by atoms with E-state index in [-0.39, 0.29) is 0 Å². The first-order chi connectivity index (χ1) is 31.3. The Morgan fingerprint density at radius 1 is 0.375 bits per heavy atom. The average molecular weight is 831 g/mol. The summed E-state index contributed by atoms with van der Waals surface area (Å²) < 4.78 is 0. The second-order valence-electron chi connectivity index (χ2n) is 17.2. The molecule has 0 aliphatic rings. The first kappa shape index (κ1) is 41.8. The van der Waals surface area contributed by atoms with Crippen molar-refractivity contribution in [3.05, 3.63) is 230 Å². The van der Waals surface area contributed by atoms with Crippen molar-refractivity contribution in [3.63, 3.8) is 0 Å². The Morgan fingerprint density at radius 2 is 0.750 bits per heavy atom. The Bertz CT molecular complexity index is 2870. The molecule has 64 heavy (non-hydrogen) atoms. The second-order valence-corrected chi connectivity index (χ2v) is 17.2. The van der Waals surface area contributed by atoms with Crippen LogP contribution in [0.25, 0.3) is 44.5 Å². The van der Waals surface area contributed by atoms with Crippen LogP contribution >= 0.6 is 0 Å². The van der Waals surface area contributed by atoms with E-state index >= 15 is 0 Å². The number of hydrogen-bond acceptors (Lipinski definition) is 4. The van der Waals surface area contributed by atoms with Crippen molar-refractivity contribution in [2.75, 3.05) is 9.80 Å². The van der Waals surface area contributed by atoms with E-state index < -0.39 is 0 Å². The molecule has 0 amide bonds. The van der Waals surface area contributed by atoms with E-state index in [4.69, 9.17) is 9.97 Å². The third-order valence-electron chi connectivity index (χ3n) is 12.3. The van der Waals surface area contributed by atoms with Gasteiger partial charge in [-0.1, -0.05) is 142 Å². The van der Waals surface area contributed by atoms with Gasteiger partial charge in [-0.15, -0.1) is 0 Å². The van der Waals surface area contributed by atoms with Gasteiger partial charge in [0.1, 0.15) is 0 Å². The highest BCUT2D eigenvalue weighted by molar-refractivity contribution is 5.99. The van der Waals surface area contributed by atoms with E-state index in [1.54, 1.807) is 0 Å². The molecule has 2 heterocycles. The first-order valence-corrected chi connectivity index (χ1v) is 22.4. The highest BCUT2D eigenvalue weighted by atomic mass is 15.2. The molecule has 0 aliphatic heterocycles. The summed E-state index contributed by atoms with van der Waals surface area (Å²) in [7, 11) is 0. The van der Waals surface area contributed by atoms with Crippen molar-refractivity contribution in [1.29, 1.82) is 0 Å². The van der Waals surface area contributed by atoms with Gasteiger partial charge in [0.25, 0.3) is 0 Å². The van der Waals surface area contributed by atoms with Crippen LogP contribution in [0.1, 0.15) is 37.7 Å². The zero-order valence-corrected chi connectivity index (χ0v) is 37.4. The SMILES string of the molecule is Cc1ccc(N(c2ccccc2)c2cc(CC(C)C(C)C)cc(N(c3ccc(-c4cc(-c5ccccc5)cc(-c5ccccc5)c4)cc3)c3ccc(C)nc3)c2-c2ccccc2)cn1. The highest BCUT2D eigenvalue weighted by Gasteiger charge is 2.27. The molecular formula is C60H54N4. The minimum atomic E-state index is 0.454. The third kappa shape index (κ3) is 9.14. The van der Waals surface area contributed by atoms with Gasteiger partial charge >= 0.3 is 0 Å². The smallest absolute Gasteiger partial charge is 0.0645 e. The summed E-state index contributed by atoms with van der Waals surface area (Å²) in [5, 5.41) is 0. The zero-order valence-electron chi connectivity index (χ0n) is 37.4. The molecule has 0 fully saturated rings. The molecule has 0 radical (unpaired) electrons. The number of aromatic nitrogens is 2. The van der Waals surface area contributed by atoms with E-state index in [0.29, 0.717) is 11.8 Å². The van der Waals surface area contributed by atoms with E-state index in [0.717, 1.165) is 74.2 Å². The van der Waals surface area contributed by atoms with Crippen molar-refractivity contribution < 1.29 is 0 Å². The molecule has 0 spiro atoms. The van der Waals surface area contributed by atoms with Gasteiger partial charge in [0.05, 0.1) is 35.1 Å². The minimum absolute atomic E-state index is 0.454. The molecule has 1 atom stereocenters. The van der Waals surface area contributed by atoms with Gasteiger partial charge in [0.15, 0.2) is 0 Å². The first-order valence-electron chi connectivity index (χ1n) is 22.4. The fraction of sp³-hybridized carbons (Fsp3) is 0.133. The molecule has 9 rings (SSSR count). The number of para-hydroxylation sites is 1. The molecule has 2 aromatic heterocycles. The van der Waals surface area contributed by atoms with Crippen LogP contribution in [0.3, 0.4) is 0 Å². The van der Waals surface area contributed by atoms with Crippen LogP contribution < -0.4 is 9.80 Å². The number of aryl methyl sites for hydroxylation is 2. The van der Waals surface area contributed by atoms with Gasteiger partial charge in [-0.05, 0) is 155 Å². The Morgan fingerprint density at radius 3 is 1.16 bits per heavy atom. The summed E-state index contributed by atoms with van der Waals surface area (Å²) in [4.78, 5) is 14.5. The summed E-state index contributed by atoms with van der Waals surface area (Å²) in [6.45, 7) is 11.1. The van der Waals surface area contributed by atoms with Crippen molar-refractivity contribution >= 4 is 34.1 Å². The zero-order chi connectivity index (χ0) is 44.0. The summed E-state index contributed by atoms with van der Waals surface area (Å²) in [6, 6.07) is 72.3. The fourth-order valence-electron chi connectivity index (χ4n) is 8.45. The summed E-state index contributed by atoms with van der Waals surface area (Å²) in [5.41, 5.74) is 18.7. The molecule has 0 bridgehead atoms. The number of hydrogen-bond donors (Lipinski definition) is 0. The molecule has 9 aromatic rings. The standard InChI is InChI=1S/C60H54N4/c1-42(2)43(3)34-46-35-58(63(54-24-16-9-17-25-54)56-30-26-44(4)61-40-56)60(50-22-14-8-15-23-50)59(36-46)64(57-31-27-45(5)62-41-57)55-32-28-49(29-33-55)53-38-51(47-18-10-6-11-19-47)37-52(39-53)48-20-12-7-13-21-48/h6-33,35-43H,34H2,1-5H3. The predicted molar refractivity (Wildman–Crippen MR) is 270 cm³/mol. The average Bonchev–Trinajstić information content (AvgIpc) is 3.34. The number of rotatable bonds is 13. The minimum Gasteiger partial charge on any atom is -0.308 e. The summed E-state index contributed by atoms with van der Waals surface area (Å²) >= 11 is 0. The molecule has 314 valence electrons. The van der Waals surface area contributed by atoms with Crippen LogP contribution in [0, 0.1) is 25.7 Å². The molecule has 4 heteroatoms. The second kappa shape index (κ2) is 18.8. The molecule has 0 N–H and O–H groups in total. The van der Waals surface area contributed by atoms with Crippen molar-refractivity contribution in [2.45, 2.75) is 41.0 Å². The predicted octanol–water partition coefficient (Wildman–Crippen LogP) is 16.5. The molecule has 1 unspecified atom stereocenters. The van der Waals surface area contributed by atoms with Crippen molar-refractivity contribution in [3.8, 4) is 44.5 Å². The Hall–Kier alpha value is -7.56. The Kier molecular flexibility index (Phi) is 12.3. The lowest BCUT2D eigenvalue weighted by atomic mass is 9.88. The van der Waals surface area contributed by atoms with Gasteiger partial charge in [-0.3, -0.25) is 9.97 Å². The van der Waals surface area contributed by atoms with Crippen molar-refractivity contribution in [1.82, 2.24) is 9.97 Å². The van der Waals surface area contributed by atoms with E-state index in [1.807, 2.05) is 26.2 Å². The molecule has 0 saturated carbocycles. The number of pyridine rings is 2. The van der Waals surface area contributed by atoms with Gasteiger partial charge in [0.2, 0.25) is 0 Å². The lowest BCUT2D eigenvalue weighted by Crippen LogP contribution is -2.17. The largest absolute Gasteiger partial charge is 0.308 e. The maximum atomic E-state index is 4.89. The Labute approximate surface area is 379 Å². The molecule has 7 aromatic carbocycles. The molecule has 0 aliphatic carbocycles. The number of nitrogens with zero attached hydrogens (tertiary/aromatic N) is 4. The number of benzene rings is 7. The number of anilines is 6. The van der Waals surface area contributed by atoms with Gasteiger partial charge in [-0.25, -0.2) is 0 Å². The van der Waals surface area contributed by atoms with Crippen LogP contribution in [0.2, 0.25) is 0 Å². The molecule has 0 saturated heterocycles. The van der Waals surface area contributed by atoms with Crippen LogP contribution in [0.4, 0.5) is 34.1 Å². The third-order valence-corrected chi connectivity index (χ3v) is 12.3. The lowest BCUT2D eigenvalue weighted by Gasteiger charge is -2.34. The van der Waals surface area contributed by atoms with Gasteiger partial charge in [0, 0.05) is 28.3 Å². The maximum Gasteiger partial charge on any atom is 0.0645 e. The molecule has 4 nitrogen and oxygen atoms in total. The summed E-state index contributed by atoms with van der Waals surface area (Å²) in [5.74, 6) is 0.968. The Balaban J connectivity index is 1.28. The van der Waals surface area contributed by atoms with E-state index in [9.17, 15) is 0 Å². The maximum absolute atomic E-state index is 4.89. The monoisotopic (exact) mass is 830 g/mol. The van der Waals surface area contributed by atoms with E-state index in [2.05, 4.69) is 231 Å². The van der Waals surface area contributed by atoms with Gasteiger partial charge < -0.3 is 9.80 Å². The van der Waals surface area contributed by atoms with Crippen molar-refractivity contribution in [2.24, 2.45) is 11.8 Å². The quantitative estimate of drug-likeness (QED) is 0.116. The van der Waals surface area contributed by atoms with Crippen LogP contribution in [-0.2, 0) is 6.42 Å². The normalized spacial score (nSPS) is 11.7. The van der Waals surface area contributed by atoms with Crippen LogP contribution in [0.5, 0.6) is 0 Å². The topological polar surface area (TPSA) is 32.3 Å². The van der Waals surface area contributed by atoms with Gasteiger partial charge in [-0.2, -0.15) is 0 Å². The van der Waals surface area contributed by atoms with Crippen LogP contribution in [-0.4, -0.2) is 9.97 Å². The lowest BCUT2D eigenvalue weighted by molar-refractivity contribution is 0.417. The van der Waals surface area contributed by atoms with Crippen LogP contribution in [0.15, 0.2) is 213 Å². The fourth-order valence-corrected chi connectivity index (χ4v) is 8.45. The highest BCUT2D eigenvalue weighted by Crippen LogP contribution is 2.50. The summed E-state index contributed by atoms with van der Waals surface area (Å²) in [6.07, 6.45) is 4.92.